The minimum absolute atomic E-state index is 0.183. The van der Waals surface area contributed by atoms with E-state index in [2.05, 4.69) is 10.6 Å². The lowest BCUT2D eigenvalue weighted by Gasteiger charge is -2.38. The molecule has 0 bridgehead atoms. The maximum absolute atomic E-state index is 13.5. The molecule has 188 valence electrons. The average Bonchev–Trinajstić information content (AvgIpc) is 2.77. The molecule has 9 nitrogen and oxygen atoms in total. The summed E-state index contributed by atoms with van der Waals surface area (Å²) in [5.74, 6) is -1.48. The van der Waals surface area contributed by atoms with Gasteiger partial charge in [0.25, 0.3) is 0 Å². The summed E-state index contributed by atoms with van der Waals surface area (Å²) in [5, 5.41) is 14.7. The quantitative estimate of drug-likeness (QED) is 0.483. The maximum atomic E-state index is 13.5. The zero-order chi connectivity index (χ0) is 25.5. The van der Waals surface area contributed by atoms with Crippen LogP contribution in [-0.2, 0) is 32.1 Å². The van der Waals surface area contributed by atoms with Gasteiger partial charge in [-0.2, -0.15) is 11.8 Å². The number of fused-ring (bicyclic) bond motifs is 1. The van der Waals surface area contributed by atoms with E-state index in [9.17, 15) is 24.3 Å². The number of aliphatic carboxylic acids is 1. The fourth-order valence-corrected chi connectivity index (χ4v) is 4.21. The first-order valence-electron chi connectivity index (χ1n) is 11.4. The van der Waals surface area contributed by atoms with Crippen LogP contribution in [-0.4, -0.2) is 69.6 Å². The summed E-state index contributed by atoms with van der Waals surface area (Å²) in [6.07, 6.45) is 1.98. The molecule has 0 aliphatic carbocycles. The first kappa shape index (κ1) is 27.5. The summed E-state index contributed by atoms with van der Waals surface area (Å²) in [4.78, 5) is 52.1. The van der Waals surface area contributed by atoms with Gasteiger partial charge in [0, 0.05) is 13.0 Å². The molecule has 1 aliphatic rings. The summed E-state index contributed by atoms with van der Waals surface area (Å²) in [6, 6.07) is 4.69. The SMILES string of the molecule is CCC(NC(=O)OC(C)(C)C)C(=O)N1Cc2ccccc2C[C@@H]1C(=O)N[C@H](CCSC)C(=O)O. The van der Waals surface area contributed by atoms with Crippen molar-refractivity contribution >= 4 is 35.6 Å². The van der Waals surface area contributed by atoms with Crippen molar-refractivity contribution in [2.75, 3.05) is 12.0 Å². The van der Waals surface area contributed by atoms with Gasteiger partial charge < -0.3 is 25.4 Å². The number of amides is 3. The van der Waals surface area contributed by atoms with Crippen LogP contribution in [0.3, 0.4) is 0 Å². The van der Waals surface area contributed by atoms with Crippen LogP contribution in [0.15, 0.2) is 24.3 Å². The number of carboxylic acids is 1. The average molecular weight is 494 g/mol. The third kappa shape index (κ3) is 7.65. The van der Waals surface area contributed by atoms with Gasteiger partial charge in [0.05, 0.1) is 0 Å². The molecule has 10 heteroatoms. The Kier molecular flexibility index (Phi) is 9.78. The molecule has 2 rings (SSSR count). The topological polar surface area (TPSA) is 125 Å². The lowest BCUT2D eigenvalue weighted by molar-refractivity contribution is -0.146. The van der Waals surface area contributed by atoms with E-state index >= 15 is 0 Å². The van der Waals surface area contributed by atoms with Gasteiger partial charge in [-0.3, -0.25) is 9.59 Å². The van der Waals surface area contributed by atoms with Gasteiger partial charge in [0.2, 0.25) is 11.8 Å². The molecule has 1 heterocycles. The van der Waals surface area contributed by atoms with Gasteiger partial charge in [-0.05, 0) is 56.7 Å². The summed E-state index contributed by atoms with van der Waals surface area (Å²) < 4.78 is 5.29. The Morgan fingerprint density at radius 3 is 2.35 bits per heavy atom. The van der Waals surface area contributed by atoms with Crippen molar-refractivity contribution in [2.24, 2.45) is 0 Å². The molecule has 0 radical (unpaired) electrons. The molecule has 0 fully saturated rings. The van der Waals surface area contributed by atoms with Crippen molar-refractivity contribution in [2.45, 2.75) is 77.2 Å². The normalized spacial score (nSPS) is 17.2. The number of carbonyl (C=O) groups excluding carboxylic acids is 3. The predicted molar refractivity (Wildman–Crippen MR) is 130 cm³/mol. The molecule has 1 aromatic rings. The highest BCUT2D eigenvalue weighted by Crippen LogP contribution is 2.25. The van der Waals surface area contributed by atoms with E-state index in [4.69, 9.17) is 4.74 Å². The molecule has 1 aliphatic heterocycles. The number of nitrogens with one attached hydrogen (secondary N) is 2. The van der Waals surface area contributed by atoms with Gasteiger partial charge in [-0.1, -0.05) is 31.2 Å². The highest BCUT2D eigenvalue weighted by atomic mass is 32.2. The zero-order valence-electron chi connectivity index (χ0n) is 20.4. The maximum Gasteiger partial charge on any atom is 0.408 e. The van der Waals surface area contributed by atoms with Crippen LogP contribution in [0.25, 0.3) is 0 Å². The summed E-state index contributed by atoms with van der Waals surface area (Å²) >= 11 is 1.49. The number of benzene rings is 1. The third-order valence-corrected chi connectivity index (χ3v) is 6.10. The number of carboxylic acid groups (broad SMARTS) is 1. The Morgan fingerprint density at radius 2 is 1.79 bits per heavy atom. The fourth-order valence-electron chi connectivity index (χ4n) is 3.74. The number of hydrogen-bond acceptors (Lipinski definition) is 6. The second-order valence-corrected chi connectivity index (χ2v) is 10.2. The summed E-state index contributed by atoms with van der Waals surface area (Å²) in [5.41, 5.74) is 1.11. The Morgan fingerprint density at radius 1 is 1.15 bits per heavy atom. The molecule has 3 N–H and O–H groups in total. The lowest BCUT2D eigenvalue weighted by Crippen LogP contribution is -2.59. The van der Waals surface area contributed by atoms with E-state index in [1.165, 1.54) is 16.7 Å². The van der Waals surface area contributed by atoms with Crippen molar-refractivity contribution in [3.8, 4) is 0 Å². The molecule has 0 saturated carbocycles. The van der Waals surface area contributed by atoms with Crippen molar-refractivity contribution in [1.29, 1.82) is 0 Å². The lowest BCUT2D eigenvalue weighted by atomic mass is 9.92. The summed E-state index contributed by atoms with van der Waals surface area (Å²) in [7, 11) is 0. The molecule has 3 atom stereocenters. The molecule has 0 saturated heterocycles. The number of ether oxygens (including phenoxy) is 1. The minimum Gasteiger partial charge on any atom is -0.480 e. The van der Waals surface area contributed by atoms with Crippen molar-refractivity contribution in [3.63, 3.8) is 0 Å². The van der Waals surface area contributed by atoms with Crippen molar-refractivity contribution < 1.29 is 29.0 Å². The molecular weight excluding hydrogens is 458 g/mol. The first-order valence-corrected chi connectivity index (χ1v) is 12.7. The minimum atomic E-state index is -1.12. The van der Waals surface area contributed by atoms with E-state index in [1.807, 2.05) is 30.5 Å². The number of carbonyl (C=O) groups is 4. The van der Waals surface area contributed by atoms with Crippen molar-refractivity contribution in [3.05, 3.63) is 35.4 Å². The molecule has 34 heavy (non-hydrogen) atoms. The standard InChI is InChI=1S/C24H35N3O6S/c1-6-17(26-23(32)33-24(2,3)4)21(29)27-14-16-10-8-7-9-15(16)13-19(27)20(28)25-18(22(30)31)11-12-34-5/h7-10,17-19H,6,11-14H2,1-5H3,(H,25,28)(H,26,32)(H,30,31)/t17?,18-,19-/m1/s1. The largest absolute Gasteiger partial charge is 0.480 e. The molecule has 1 aromatic carbocycles. The van der Waals surface area contributed by atoms with Crippen LogP contribution in [0, 0.1) is 0 Å². The second kappa shape index (κ2) is 12.1. The fraction of sp³-hybridized carbons (Fsp3) is 0.583. The second-order valence-electron chi connectivity index (χ2n) is 9.24. The smallest absolute Gasteiger partial charge is 0.408 e. The molecule has 0 spiro atoms. The van der Waals surface area contributed by atoms with Crippen LogP contribution in [0.5, 0.6) is 0 Å². The zero-order valence-corrected chi connectivity index (χ0v) is 21.2. The van der Waals surface area contributed by atoms with Crippen molar-refractivity contribution in [1.82, 2.24) is 15.5 Å². The van der Waals surface area contributed by atoms with E-state index in [0.29, 0.717) is 12.2 Å². The molecule has 1 unspecified atom stereocenters. The number of thioether (sulfide) groups is 1. The van der Waals surface area contributed by atoms with E-state index in [-0.39, 0.29) is 19.4 Å². The monoisotopic (exact) mass is 493 g/mol. The Labute approximate surface area is 205 Å². The number of rotatable bonds is 9. The van der Waals surface area contributed by atoms with Crippen LogP contribution < -0.4 is 10.6 Å². The highest BCUT2D eigenvalue weighted by molar-refractivity contribution is 7.98. The van der Waals surface area contributed by atoms with Gasteiger partial charge in [-0.25, -0.2) is 9.59 Å². The van der Waals surface area contributed by atoms with Gasteiger partial charge in [0.15, 0.2) is 0 Å². The van der Waals surface area contributed by atoms with Gasteiger partial charge in [0.1, 0.15) is 23.7 Å². The third-order valence-electron chi connectivity index (χ3n) is 5.46. The number of alkyl carbamates (subject to hydrolysis) is 1. The Balaban J connectivity index is 2.28. The van der Waals surface area contributed by atoms with E-state index in [1.54, 1.807) is 27.7 Å². The van der Waals surface area contributed by atoms with Crippen LogP contribution in [0.2, 0.25) is 0 Å². The summed E-state index contributed by atoms with van der Waals surface area (Å²) in [6.45, 7) is 7.13. The van der Waals surface area contributed by atoms with Gasteiger partial charge in [-0.15, -0.1) is 0 Å². The van der Waals surface area contributed by atoms with E-state index in [0.717, 1.165) is 11.1 Å². The predicted octanol–water partition coefficient (Wildman–Crippen LogP) is 2.57. The highest BCUT2D eigenvalue weighted by Gasteiger charge is 2.39. The Hall–Kier alpha value is -2.75. The molecular formula is C24H35N3O6S. The van der Waals surface area contributed by atoms with Crippen LogP contribution >= 0.6 is 11.8 Å². The van der Waals surface area contributed by atoms with Crippen LogP contribution in [0.1, 0.15) is 51.7 Å². The van der Waals surface area contributed by atoms with E-state index < -0.39 is 47.6 Å². The molecule has 0 aromatic heterocycles. The van der Waals surface area contributed by atoms with Gasteiger partial charge >= 0.3 is 12.1 Å². The first-order chi connectivity index (χ1) is 16.0. The molecule has 3 amide bonds. The Bertz CT molecular complexity index is 901. The number of nitrogens with zero attached hydrogens (tertiary/aromatic N) is 1. The number of hydrogen-bond donors (Lipinski definition) is 3. The van der Waals surface area contributed by atoms with Crippen LogP contribution in [0.4, 0.5) is 4.79 Å².